The maximum absolute atomic E-state index is 4.85. The molecule has 2 aliphatic heterocycles. The molecule has 1 aromatic carbocycles. The lowest BCUT2D eigenvalue weighted by Gasteiger charge is -2.34. The van der Waals surface area contributed by atoms with Gasteiger partial charge in [0.1, 0.15) is 0 Å². The molecular weight excluding hydrogens is 404 g/mol. The number of hydrogen-bond donors (Lipinski definition) is 2. The SMILES string of the molecule is CCNC(=NCCc1csc(N2CCCC2)n1)NC1CCCN(Cc2ccccc2)C1. The number of benzene rings is 1. The number of guanidine groups is 1. The quantitative estimate of drug-likeness (QED) is 0.486. The fraction of sp³-hybridized carbons (Fsp3) is 0.583. The van der Waals surface area contributed by atoms with Gasteiger partial charge in [-0.05, 0) is 44.7 Å². The average molecular weight is 441 g/mol. The number of piperidine rings is 1. The Balaban J connectivity index is 1.27. The number of anilines is 1. The van der Waals surface area contributed by atoms with Crippen molar-refractivity contribution >= 4 is 22.4 Å². The van der Waals surface area contributed by atoms with Crippen molar-refractivity contribution < 1.29 is 0 Å². The van der Waals surface area contributed by atoms with E-state index in [2.05, 4.69) is 63.1 Å². The first kappa shape index (κ1) is 22.1. The molecule has 1 aromatic heterocycles. The maximum Gasteiger partial charge on any atom is 0.191 e. The number of nitrogens with zero attached hydrogens (tertiary/aromatic N) is 4. The third-order valence-electron chi connectivity index (χ3n) is 5.99. The summed E-state index contributed by atoms with van der Waals surface area (Å²) in [6.45, 7) is 9.33. The van der Waals surface area contributed by atoms with Gasteiger partial charge in [0.25, 0.3) is 0 Å². The molecule has 0 saturated carbocycles. The summed E-state index contributed by atoms with van der Waals surface area (Å²) in [6.07, 6.45) is 5.90. The number of aliphatic imine (C=N–C) groups is 1. The number of hydrogen-bond acceptors (Lipinski definition) is 5. The normalized spacial score (nSPS) is 20.2. The Morgan fingerprint density at radius 2 is 2.00 bits per heavy atom. The van der Waals surface area contributed by atoms with Crippen molar-refractivity contribution in [2.75, 3.05) is 44.2 Å². The highest BCUT2D eigenvalue weighted by molar-refractivity contribution is 7.13. The van der Waals surface area contributed by atoms with Gasteiger partial charge in [0.05, 0.1) is 5.69 Å². The van der Waals surface area contributed by atoms with Crippen LogP contribution in [0.2, 0.25) is 0 Å². The van der Waals surface area contributed by atoms with Crippen molar-refractivity contribution in [2.24, 2.45) is 4.99 Å². The molecule has 0 bridgehead atoms. The van der Waals surface area contributed by atoms with Crippen molar-refractivity contribution in [1.29, 1.82) is 0 Å². The smallest absolute Gasteiger partial charge is 0.191 e. The van der Waals surface area contributed by atoms with Crippen molar-refractivity contribution in [1.82, 2.24) is 20.5 Å². The molecule has 1 atom stereocenters. The van der Waals surface area contributed by atoms with Crippen LogP contribution in [0.3, 0.4) is 0 Å². The first-order valence-corrected chi connectivity index (χ1v) is 12.7. The fourth-order valence-electron chi connectivity index (χ4n) is 4.42. The fourth-order valence-corrected chi connectivity index (χ4v) is 5.33. The summed E-state index contributed by atoms with van der Waals surface area (Å²) < 4.78 is 0. The molecule has 0 radical (unpaired) electrons. The molecule has 2 N–H and O–H groups in total. The highest BCUT2D eigenvalue weighted by Gasteiger charge is 2.21. The molecule has 6 nitrogen and oxygen atoms in total. The lowest BCUT2D eigenvalue weighted by atomic mass is 10.0. The van der Waals surface area contributed by atoms with Gasteiger partial charge in [-0.3, -0.25) is 9.89 Å². The van der Waals surface area contributed by atoms with Crippen LogP contribution < -0.4 is 15.5 Å². The van der Waals surface area contributed by atoms with Gasteiger partial charge in [-0.15, -0.1) is 11.3 Å². The molecule has 0 aliphatic carbocycles. The average Bonchev–Trinajstić information content (AvgIpc) is 3.47. The predicted octanol–water partition coefficient (Wildman–Crippen LogP) is 3.51. The van der Waals surface area contributed by atoms with E-state index < -0.39 is 0 Å². The minimum Gasteiger partial charge on any atom is -0.357 e. The van der Waals surface area contributed by atoms with E-state index in [1.165, 1.54) is 48.6 Å². The molecule has 31 heavy (non-hydrogen) atoms. The number of likely N-dealkylation sites (tertiary alicyclic amines) is 1. The lowest BCUT2D eigenvalue weighted by molar-refractivity contribution is 0.192. The highest BCUT2D eigenvalue weighted by Crippen LogP contribution is 2.24. The van der Waals surface area contributed by atoms with Gasteiger partial charge in [0.15, 0.2) is 11.1 Å². The van der Waals surface area contributed by atoms with Crippen LogP contribution >= 0.6 is 11.3 Å². The predicted molar refractivity (Wildman–Crippen MR) is 131 cm³/mol. The van der Waals surface area contributed by atoms with Crippen molar-refractivity contribution in [3.8, 4) is 0 Å². The van der Waals surface area contributed by atoms with E-state index in [-0.39, 0.29) is 0 Å². The Hall–Kier alpha value is -2.12. The number of nitrogens with one attached hydrogen (secondary N) is 2. The topological polar surface area (TPSA) is 55.8 Å². The van der Waals surface area contributed by atoms with E-state index >= 15 is 0 Å². The third kappa shape index (κ3) is 6.68. The Morgan fingerprint density at radius 1 is 1.16 bits per heavy atom. The summed E-state index contributed by atoms with van der Waals surface area (Å²) in [5.74, 6) is 0.934. The molecule has 4 rings (SSSR count). The summed E-state index contributed by atoms with van der Waals surface area (Å²) in [5, 5.41) is 10.5. The molecular formula is C24H36N6S. The van der Waals surface area contributed by atoms with E-state index in [0.717, 1.165) is 51.6 Å². The van der Waals surface area contributed by atoms with Gasteiger partial charge in [-0.2, -0.15) is 0 Å². The second kappa shape index (κ2) is 11.5. The van der Waals surface area contributed by atoms with E-state index in [1.54, 1.807) is 11.3 Å². The zero-order valence-electron chi connectivity index (χ0n) is 18.7. The Morgan fingerprint density at radius 3 is 2.81 bits per heavy atom. The van der Waals surface area contributed by atoms with Crippen LogP contribution in [0, 0.1) is 0 Å². The van der Waals surface area contributed by atoms with Gasteiger partial charge >= 0.3 is 0 Å². The van der Waals surface area contributed by atoms with Gasteiger partial charge in [-0.25, -0.2) is 4.98 Å². The van der Waals surface area contributed by atoms with Crippen LogP contribution in [0.15, 0.2) is 40.7 Å². The first-order valence-electron chi connectivity index (χ1n) is 11.8. The van der Waals surface area contributed by atoms with E-state index in [0.29, 0.717) is 6.04 Å². The Labute approximate surface area is 190 Å². The van der Waals surface area contributed by atoms with Crippen LogP contribution in [0.5, 0.6) is 0 Å². The molecule has 0 amide bonds. The van der Waals surface area contributed by atoms with Crippen molar-refractivity contribution in [2.45, 2.75) is 51.6 Å². The number of thiazole rings is 1. The monoisotopic (exact) mass is 440 g/mol. The van der Waals surface area contributed by atoms with Crippen LogP contribution in [-0.4, -0.2) is 61.2 Å². The summed E-state index contributed by atoms with van der Waals surface area (Å²) in [4.78, 5) is 14.6. The summed E-state index contributed by atoms with van der Waals surface area (Å²) >= 11 is 1.77. The minimum absolute atomic E-state index is 0.441. The Bertz CT molecular complexity index is 814. The zero-order chi connectivity index (χ0) is 21.3. The van der Waals surface area contributed by atoms with Crippen LogP contribution in [0.1, 0.15) is 43.9 Å². The molecule has 2 saturated heterocycles. The van der Waals surface area contributed by atoms with E-state index in [1.807, 2.05) is 0 Å². The summed E-state index contributed by atoms with van der Waals surface area (Å²) in [5.41, 5.74) is 2.55. The zero-order valence-corrected chi connectivity index (χ0v) is 19.5. The molecule has 2 aromatic rings. The largest absolute Gasteiger partial charge is 0.357 e. The molecule has 2 aliphatic rings. The maximum atomic E-state index is 4.85. The third-order valence-corrected chi connectivity index (χ3v) is 6.94. The standard InChI is InChI=1S/C24H36N6S/c1-2-25-23(26-13-12-22-19-31-24(28-22)30-15-6-7-16-30)27-21-11-8-14-29(18-21)17-20-9-4-3-5-10-20/h3-5,9-10,19,21H,2,6-8,11-18H2,1H3,(H2,25,26,27). The van der Waals surface area contributed by atoms with Crippen molar-refractivity contribution in [3.63, 3.8) is 0 Å². The molecule has 168 valence electrons. The molecule has 7 heteroatoms. The van der Waals surface area contributed by atoms with Crippen LogP contribution in [0.4, 0.5) is 5.13 Å². The second-order valence-electron chi connectivity index (χ2n) is 8.53. The van der Waals surface area contributed by atoms with Gasteiger partial charge in [-0.1, -0.05) is 30.3 Å². The lowest BCUT2D eigenvalue weighted by Crippen LogP contribution is -2.51. The van der Waals surface area contributed by atoms with Crippen LogP contribution in [-0.2, 0) is 13.0 Å². The summed E-state index contributed by atoms with van der Waals surface area (Å²) in [6, 6.07) is 11.2. The van der Waals surface area contributed by atoms with E-state index in [9.17, 15) is 0 Å². The Kier molecular flexibility index (Phi) is 8.18. The number of aromatic nitrogens is 1. The minimum atomic E-state index is 0.441. The van der Waals surface area contributed by atoms with Crippen LogP contribution in [0.25, 0.3) is 0 Å². The van der Waals surface area contributed by atoms with Gasteiger partial charge in [0.2, 0.25) is 0 Å². The molecule has 0 spiro atoms. The van der Waals surface area contributed by atoms with Crippen molar-refractivity contribution in [3.05, 3.63) is 47.0 Å². The first-order chi connectivity index (χ1) is 15.3. The molecule has 3 heterocycles. The van der Waals surface area contributed by atoms with Gasteiger partial charge < -0.3 is 15.5 Å². The van der Waals surface area contributed by atoms with E-state index in [4.69, 9.17) is 9.98 Å². The molecule has 2 fully saturated rings. The highest BCUT2D eigenvalue weighted by atomic mass is 32.1. The number of rotatable bonds is 8. The molecule has 1 unspecified atom stereocenters. The van der Waals surface area contributed by atoms with Gasteiger partial charge in [0, 0.05) is 57.1 Å². The summed E-state index contributed by atoms with van der Waals surface area (Å²) in [7, 11) is 0. The second-order valence-corrected chi connectivity index (χ2v) is 9.37.